The number of hydrogen-bond donors (Lipinski definition) is 1. The zero-order valence-corrected chi connectivity index (χ0v) is 14.4. The highest BCUT2D eigenvalue weighted by Crippen LogP contribution is 2.57. The fourth-order valence-electron chi connectivity index (χ4n) is 5.98. The summed E-state index contributed by atoms with van der Waals surface area (Å²) in [6.07, 6.45) is 13.1. The average Bonchev–Trinajstić information content (AvgIpc) is 2.78. The minimum absolute atomic E-state index is 0.317. The predicted molar refractivity (Wildman–Crippen MR) is 90.9 cm³/mol. The van der Waals surface area contributed by atoms with Crippen LogP contribution in [0.1, 0.15) is 66.2 Å². The van der Waals surface area contributed by atoms with E-state index in [9.17, 15) is 0 Å². The monoisotopic (exact) mass is 287 g/mol. The molecule has 2 fully saturated rings. The van der Waals surface area contributed by atoms with Crippen LogP contribution in [0.5, 0.6) is 0 Å². The lowest BCUT2D eigenvalue weighted by Gasteiger charge is -2.55. The molecule has 1 nitrogen and oxygen atoms in total. The van der Waals surface area contributed by atoms with E-state index in [1.807, 2.05) is 0 Å². The molecule has 118 valence electrons. The van der Waals surface area contributed by atoms with Crippen molar-refractivity contribution in [2.75, 3.05) is 0 Å². The smallest absolute Gasteiger partial charge is 0.0352 e. The van der Waals surface area contributed by atoms with Crippen LogP contribution in [0.2, 0.25) is 0 Å². The summed E-state index contributed by atoms with van der Waals surface area (Å²) in [6, 6.07) is 0.598. The molecule has 0 spiro atoms. The Hall–Kier alpha value is -0.720. The second-order valence-electron chi connectivity index (χ2n) is 8.66. The molecule has 1 aliphatic heterocycles. The summed E-state index contributed by atoms with van der Waals surface area (Å²) in [7, 11) is 0. The van der Waals surface area contributed by atoms with Gasteiger partial charge in [0.25, 0.3) is 0 Å². The standard InChI is InChI=1S/C20H33N/c1-6-16-15(17-8-7-12-19(17,3)4)9-10-18-20(16,5)13-11-14(2)21-18/h11,13,15-18,21H,2,6-10,12H2,1,3-5H3. The molecule has 0 aromatic carbocycles. The van der Waals surface area contributed by atoms with Crippen molar-refractivity contribution in [1.29, 1.82) is 0 Å². The molecular formula is C20H33N. The van der Waals surface area contributed by atoms with Gasteiger partial charge in [0.05, 0.1) is 0 Å². The lowest BCUT2D eigenvalue weighted by Crippen LogP contribution is -2.55. The van der Waals surface area contributed by atoms with Crippen LogP contribution in [-0.2, 0) is 0 Å². The van der Waals surface area contributed by atoms with Crippen molar-refractivity contribution in [1.82, 2.24) is 5.32 Å². The zero-order valence-electron chi connectivity index (χ0n) is 14.4. The molecule has 1 heterocycles. The first kappa shape index (κ1) is 15.2. The third kappa shape index (κ3) is 2.37. The molecule has 21 heavy (non-hydrogen) atoms. The molecule has 1 heteroatoms. The summed E-state index contributed by atoms with van der Waals surface area (Å²) in [5, 5.41) is 3.67. The van der Waals surface area contributed by atoms with Crippen molar-refractivity contribution in [2.45, 2.75) is 72.3 Å². The van der Waals surface area contributed by atoms with Crippen molar-refractivity contribution in [2.24, 2.45) is 28.6 Å². The van der Waals surface area contributed by atoms with Gasteiger partial charge in [-0.3, -0.25) is 0 Å². The lowest BCUT2D eigenvalue weighted by atomic mass is 9.53. The van der Waals surface area contributed by atoms with E-state index in [1.165, 1.54) is 38.5 Å². The Labute approximate surface area is 131 Å². The van der Waals surface area contributed by atoms with Crippen LogP contribution in [0, 0.1) is 28.6 Å². The van der Waals surface area contributed by atoms with E-state index in [0.29, 0.717) is 16.9 Å². The van der Waals surface area contributed by atoms with E-state index in [-0.39, 0.29) is 0 Å². The van der Waals surface area contributed by atoms with Crippen LogP contribution in [0.25, 0.3) is 0 Å². The number of nitrogens with one attached hydrogen (secondary N) is 1. The first-order valence-electron chi connectivity index (χ1n) is 9.03. The summed E-state index contributed by atoms with van der Waals surface area (Å²) in [4.78, 5) is 0. The fourth-order valence-corrected chi connectivity index (χ4v) is 5.98. The minimum atomic E-state index is 0.317. The van der Waals surface area contributed by atoms with E-state index in [4.69, 9.17) is 0 Å². The summed E-state index contributed by atoms with van der Waals surface area (Å²) in [6.45, 7) is 14.0. The van der Waals surface area contributed by atoms with Gasteiger partial charge in [0, 0.05) is 17.2 Å². The van der Waals surface area contributed by atoms with Gasteiger partial charge < -0.3 is 5.32 Å². The molecular weight excluding hydrogens is 254 g/mol. The molecule has 0 aromatic rings. The molecule has 2 aliphatic carbocycles. The molecule has 2 saturated carbocycles. The number of hydrogen-bond acceptors (Lipinski definition) is 1. The molecule has 0 radical (unpaired) electrons. The topological polar surface area (TPSA) is 12.0 Å². The second kappa shape index (κ2) is 5.18. The van der Waals surface area contributed by atoms with Crippen LogP contribution in [0.4, 0.5) is 0 Å². The van der Waals surface area contributed by atoms with Crippen molar-refractivity contribution < 1.29 is 0 Å². The van der Waals surface area contributed by atoms with Crippen LogP contribution in [0.15, 0.2) is 24.4 Å². The van der Waals surface area contributed by atoms with E-state index in [1.54, 1.807) is 0 Å². The number of rotatable bonds is 2. The Bertz CT molecular complexity index is 447. The molecule has 5 unspecified atom stereocenters. The summed E-state index contributed by atoms with van der Waals surface area (Å²) >= 11 is 0. The van der Waals surface area contributed by atoms with Crippen LogP contribution < -0.4 is 5.32 Å². The van der Waals surface area contributed by atoms with E-state index >= 15 is 0 Å². The molecule has 5 atom stereocenters. The van der Waals surface area contributed by atoms with Crippen molar-refractivity contribution in [3.05, 3.63) is 24.4 Å². The average molecular weight is 287 g/mol. The Morgan fingerprint density at radius 1 is 1.24 bits per heavy atom. The Morgan fingerprint density at radius 3 is 2.62 bits per heavy atom. The van der Waals surface area contributed by atoms with Crippen LogP contribution in [0.3, 0.4) is 0 Å². The summed E-state index contributed by atoms with van der Waals surface area (Å²) in [5.41, 5.74) is 1.97. The lowest BCUT2D eigenvalue weighted by molar-refractivity contribution is -0.000206. The van der Waals surface area contributed by atoms with Gasteiger partial charge >= 0.3 is 0 Å². The minimum Gasteiger partial charge on any atom is -0.382 e. The fraction of sp³-hybridized carbons (Fsp3) is 0.800. The number of fused-ring (bicyclic) bond motifs is 1. The second-order valence-corrected chi connectivity index (χ2v) is 8.66. The molecule has 1 N–H and O–H groups in total. The first-order valence-corrected chi connectivity index (χ1v) is 9.03. The predicted octanol–water partition coefficient (Wildman–Crippen LogP) is 5.30. The third-order valence-corrected chi connectivity index (χ3v) is 7.16. The third-order valence-electron chi connectivity index (χ3n) is 7.16. The molecule has 0 aromatic heterocycles. The van der Waals surface area contributed by atoms with Gasteiger partial charge in [-0.25, -0.2) is 0 Å². The Kier molecular flexibility index (Phi) is 3.74. The molecule has 0 saturated heterocycles. The van der Waals surface area contributed by atoms with Crippen molar-refractivity contribution >= 4 is 0 Å². The van der Waals surface area contributed by atoms with Gasteiger partial charge in [0.15, 0.2) is 0 Å². The summed E-state index contributed by atoms with van der Waals surface area (Å²) in [5.74, 6) is 2.65. The maximum Gasteiger partial charge on any atom is 0.0352 e. The van der Waals surface area contributed by atoms with E-state index in [2.05, 4.69) is 51.7 Å². The maximum absolute atomic E-state index is 4.11. The highest BCUT2D eigenvalue weighted by molar-refractivity contribution is 5.26. The summed E-state index contributed by atoms with van der Waals surface area (Å²) < 4.78 is 0. The highest BCUT2D eigenvalue weighted by Gasteiger charge is 2.52. The first-order chi connectivity index (χ1) is 9.88. The Morgan fingerprint density at radius 2 is 2.00 bits per heavy atom. The van der Waals surface area contributed by atoms with Crippen molar-refractivity contribution in [3.63, 3.8) is 0 Å². The van der Waals surface area contributed by atoms with Gasteiger partial charge in [-0.05, 0) is 54.9 Å². The largest absolute Gasteiger partial charge is 0.382 e. The van der Waals surface area contributed by atoms with E-state index < -0.39 is 0 Å². The van der Waals surface area contributed by atoms with Crippen molar-refractivity contribution in [3.8, 4) is 0 Å². The quantitative estimate of drug-likeness (QED) is 0.727. The van der Waals surface area contributed by atoms with Gasteiger partial charge in [0.1, 0.15) is 0 Å². The Balaban J connectivity index is 1.91. The van der Waals surface area contributed by atoms with Gasteiger partial charge in [-0.1, -0.05) is 53.2 Å². The van der Waals surface area contributed by atoms with Gasteiger partial charge in [0.2, 0.25) is 0 Å². The molecule has 3 rings (SSSR count). The van der Waals surface area contributed by atoms with E-state index in [0.717, 1.165) is 23.5 Å². The number of allylic oxidation sites excluding steroid dienone is 1. The highest BCUT2D eigenvalue weighted by atomic mass is 15.0. The van der Waals surface area contributed by atoms with Gasteiger partial charge in [-0.15, -0.1) is 0 Å². The normalized spacial score (nSPS) is 45.2. The van der Waals surface area contributed by atoms with Crippen LogP contribution >= 0.6 is 0 Å². The van der Waals surface area contributed by atoms with Gasteiger partial charge in [-0.2, -0.15) is 0 Å². The van der Waals surface area contributed by atoms with Crippen LogP contribution in [-0.4, -0.2) is 6.04 Å². The molecule has 3 aliphatic rings. The maximum atomic E-state index is 4.11. The SMILES string of the molecule is C=C1C=CC2(C)C(CCC(C3CCCC3(C)C)C2CC)N1. The molecule has 0 amide bonds. The zero-order chi connectivity index (χ0) is 15.3. The molecule has 0 bridgehead atoms.